The van der Waals surface area contributed by atoms with E-state index in [9.17, 15) is 18.0 Å². The summed E-state index contributed by atoms with van der Waals surface area (Å²) in [6, 6.07) is 4.14. The van der Waals surface area contributed by atoms with E-state index in [1.54, 1.807) is 0 Å². The molecule has 2 N–H and O–H groups in total. The van der Waals surface area contributed by atoms with Gasteiger partial charge in [0.1, 0.15) is 0 Å². The summed E-state index contributed by atoms with van der Waals surface area (Å²) >= 11 is 0. The lowest BCUT2D eigenvalue weighted by atomic mass is 10.1. The first kappa shape index (κ1) is 15.0. The number of aliphatic hydroxyl groups is 1. The minimum atomic E-state index is -4.43. The van der Waals surface area contributed by atoms with Crippen molar-refractivity contribution in [3.63, 3.8) is 0 Å². The molecule has 0 bridgehead atoms. The van der Waals surface area contributed by atoms with Crippen molar-refractivity contribution in [2.75, 3.05) is 13.2 Å². The van der Waals surface area contributed by atoms with E-state index < -0.39 is 17.6 Å². The van der Waals surface area contributed by atoms with Gasteiger partial charge in [0, 0.05) is 12.1 Å². The lowest BCUT2D eigenvalue weighted by molar-refractivity contribution is -0.137. The number of halogens is 3. The molecule has 0 aliphatic heterocycles. The second-order valence-corrected chi connectivity index (χ2v) is 3.98. The van der Waals surface area contributed by atoms with Crippen molar-refractivity contribution in [1.82, 2.24) is 15.5 Å². The van der Waals surface area contributed by atoms with E-state index in [1.807, 2.05) is 0 Å². The average molecular weight is 301 g/mol. The zero-order chi connectivity index (χ0) is 15.5. The molecule has 0 aliphatic carbocycles. The highest BCUT2D eigenvalue weighted by Gasteiger charge is 2.30. The Bertz CT molecular complexity index is 623. The first-order chi connectivity index (χ1) is 9.91. The molecule has 1 aromatic carbocycles. The van der Waals surface area contributed by atoms with Crippen LogP contribution in [0.15, 0.2) is 28.8 Å². The molecule has 0 unspecified atom stereocenters. The summed E-state index contributed by atoms with van der Waals surface area (Å²) in [6.45, 7) is -0.220. The summed E-state index contributed by atoms with van der Waals surface area (Å²) in [7, 11) is 0. The monoisotopic (exact) mass is 301 g/mol. The third kappa shape index (κ3) is 3.57. The molecule has 0 aliphatic rings. The maximum absolute atomic E-state index is 12.4. The van der Waals surface area contributed by atoms with E-state index in [4.69, 9.17) is 9.63 Å². The van der Waals surface area contributed by atoms with Gasteiger partial charge < -0.3 is 14.9 Å². The van der Waals surface area contributed by atoms with Gasteiger partial charge in [0.25, 0.3) is 0 Å². The number of nitrogens with one attached hydrogen (secondary N) is 1. The molecule has 0 spiro atoms. The summed E-state index contributed by atoms with van der Waals surface area (Å²) in [5.74, 6) is -1.01. The third-order valence-corrected chi connectivity index (χ3v) is 2.49. The molecule has 2 rings (SSSR count). The number of nitrogens with zero attached hydrogens (tertiary/aromatic N) is 2. The van der Waals surface area contributed by atoms with Crippen LogP contribution in [0.1, 0.15) is 16.2 Å². The van der Waals surface area contributed by atoms with Crippen LogP contribution in [0.5, 0.6) is 0 Å². The van der Waals surface area contributed by atoms with E-state index in [1.165, 1.54) is 12.1 Å². The Morgan fingerprint density at radius 2 is 1.95 bits per heavy atom. The van der Waals surface area contributed by atoms with E-state index in [0.717, 1.165) is 12.1 Å². The molecule has 2 aromatic rings. The summed E-state index contributed by atoms with van der Waals surface area (Å²) in [5, 5.41) is 14.4. The highest BCUT2D eigenvalue weighted by Crippen LogP contribution is 2.30. The number of aromatic nitrogens is 2. The maximum atomic E-state index is 12.4. The maximum Gasteiger partial charge on any atom is 0.416 e. The van der Waals surface area contributed by atoms with Crippen molar-refractivity contribution in [1.29, 1.82) is 0 Å². The minimum Gasteiger partial charge on any atom is -0.395 e. The van der Waals surface area contributed by atoms with Crippen molar-refractivity contribution in [3.05, 3.63) is 35.7 Å². The molecule has 1 amide bonds. The topological polar surface area (TPSA) is 88.2 Å². The molecule has 6 nitrogen and oxygen atoms in total. The molecule has 0 fully saturated rings. The molecule has 9 heteroatoms. The van der Waals surface area contributed by atoms with Crippen molar-refractivity contribution in [2.24, 2.45) is 0 Å². The number of amides is 1. The minimum absolute atomic E-state index is 0.00197. The van der Waals surface area contributed by atoms with Gasteiger partial charge in [0.2, 0.25) is 5.82 Å². The number of benzene rings is 1. The molecule has 1 heterocycles. The molecular formula is C12H10F3N3O3. The van der Waals surface area contributed by atoms with Crippen LogP contribution in [-0.4, -0.2) is 34.3 Å². The van der Waals surface area contributed by atoms with E-state index in [2.05, 4.69) is 15.5 Å². The van der Waals surface area contributed by atoms with E-state index in [-0.39, 0.29) is 30.4 Å². The molecule has 0 saturated heterocycles. The van der Waals surface area contributed by atoms with Crippen molar-refractivity contribution >= 4 is 5.91 Å². The second kappa shape index (κ2) is 5.92. The normalized spacial score (nSPS) is 11.4. The van der Waals surface area contributed by atoms with Crippen LogP contribution in [0.3, 0.4) is 0 Å². The Balaban J connectivity index is 2.16. The number of carbonyl (C=O) groups is 1. The fourth-order valence-corrected chi connectivity index (χ4v) is 1.49. The van der Waals surface area contributed by atoms with Gasteiger partial charge in [0.15, 0.2) is 0 Å². The molecule has 0 radical (unpaired) electrons. The second-order valence-electron chi connectivity index (χ2n) is 3.98. The van der Waals surface area contributed by atoms with Crippen LogP contribution in [0.4, 0.5) is 13.2 Å². The largest absolute Gasteiger partial charge is 0.416 e. The molecule has 112 valence electrons. The highest BCUT2D eigenvalue weighted by molar-refractivity contribution is 5.89. The quantitative estimate of drug-likeness (QED) is 0.893. The number of carbonyl (C=O) groups excluding carboxylic acids is 1. The summed E-state index contributed by atoms with van der Waals surface area (Å²) in [4.78, 5) is 15.2. The predicted octanol–water partition coefficient (Wildman–Crippen LogP) is 1.48. The van der Waals surface area contributed by atoms with Gasteiger partial charge in [-0.3, -0.25) is 4.79 Å². The lowest BCUT2D eigenvalue weighted by Crippen LogP contribution is -2.26. The number of aliphatic hydroxyl groups excluding tert-OH is 1. The van der Waals surface area contributed by atoms with Gasteiger partial charge in [0.05, 0.1) is 12.2 Å². The fraction of sp³-hybridized carbons (Fsp3) is 0.250. The van der Waals surface area contributed by atoms with Crippen molar-refractivity contribution in [2.45, 2.75) is 6.18 Å². The van der Waals surface area contributed by atoms with Gasteiger partial charge in [-0.2, -0.15) is 18.2 Å². The standard InChI is InChI=1S/C12H10F3N3O3/c13-12(14,15)8-3-1-7(2-4-8)9-17-11(21-18-9)10(20)16-5-6-19/h1-4,19H,5-6H2,(H,16,20). The number of hydrogen-bond acceptors (Lipinski definition) is 5. The van der Waals surface area contributed by atoms with E-state index in [0.29, 0.717) is 0 Å². The smallest absolute Gasteiger partial charge is 0.395 e. The number of rotatable bonds is 4. The van der Waals surface area contributed by atoms with Crippen LogP contribution < -0.4 is 5.32 Å². The van der Waals surface area contributed by atoms with Crippen LogP contribution in [0.25, 0.3) is 11.4 Å². The first-order valence-electron chi connectivity index (χ1n) is 5.82. The van der Waals surface area contributed by atoms with Crippen LogP contribution >= 0.6 is 0 Å². The fourth-order valence-electron chi connectivity index (χ4n) is 1.49. The van der Waals surface area contributed by atoms with Gasteiger partial charge in [-0.05, 0) is 12.1 Å². The molecular weight excluding hydrogens is 291 g/mol. The summed E-state index contributed by atoms with van der Waals surface area (Å²) in [6.07, 6.45) is -4.43. The average Bonchev–Trinajstić information content (AvgIpc) is 2.94. The predicted molar refractivity (Wildman–Crippen MR) is 64.2 cm³/mol. The van der Waals surface area contributed by atoms with Gasteiger partial charge in [-0.15, -0.1) is 0 Å². The Morgan fingerprint density at radius 3 is 2.52 bits per heavy atom. The Labute approximate surface area is 116 Å². The number of alkyl halides is 3. The third-order valence-electron chi connectivity index (χ3n) is 2.49. The van der Waals surface area contributed by atoms with Crippen LogP contribution in [0.2, 0.25) is 0 Å². The van der Waals surface area contributed by atoms with Gasteiger partial charge in [-0.25, -0.2) is 0 Å². The van der Waals surface area contributed by atoms with Crippen LogP contribution in [0, 0.1) is 0 Å². The molecule has 0 saturated carbocycles. The Kier molecular flexibility index (Phi) is 4.22. The van der Waals surface area contributed by atoms with Gasteiger partial charge >= 0.3 is 18.0 Å². The number of hydrogen-bond donors (Lipinski definition) is 2. The van der Waals surface area contributed by atoms with E-state index >= 15 is 0 Å². The van der Waals surface area contributed by atoms with Crippen molar-refractivity contribution in [3.8, 4) is 11.4 Å². The zero-order valence-corrected chi connectivity index (χ0v) is 10.5. The first-order valence-corrected chi connectivity index (χ1v) is 5.82. The molecule has 1 aromatic heterocycles. The Morgan fingerprint density at radius 1 is 1.29 bits per heavy atom. The molecule has 21 heavy (non-hydrogen) atoms. The lowest BCUT2D eigenvalue weighted by Gasteiger charge is -2.05. The zero-order valence-electron chi connectivity index (χ0n) is 10.5. The molecule has 0 atom stereocenters. The summed E-state index contributed by atoms with van der Waals surface area (Å²) < 4.78 is 42.0. The SMILES string of the molecule is O=C(NCCO)c1nc(-c2ccc(C(F)(F)F)cc2)no1. The van der Waals surface area contributed by atoms with Crippen molar-refractivity contribution < 1.29 is 27.6 Å². The van der Waals surface area contributed by atoms with Gasteiger partial charge in [-0.1, -0.05) is 17.3 Å². The Hall–Kier alpha value is -2.42. The summed E-state index contributed by atoms with van der Waals surface area (Å²) in [5.41, 5.74) is -0.511. The highest BCUT2D eigenvalue weighted by atomic mass is 19.4. The van der Waals surface area contributed by atoms with Crippen LogP contribution in [-0.2, 0) is 6.18 Å².